The van der Waals surface area contributed by atoms with Gasteiger partial charge in [-0.1, -0.05) is 6.07 Å². The highest BCUT2D eigenvalue weighted by atomic mass is 16.5. The van der Waals surface area contributed by atoms with Gasteiger partial charge in [0, 0.05) is 19.6 Å². The van der Waals surface area contributed by atoms with Gasteiger partial charge in [0.2, 0.25) is 0 Å². The molecular formula is C11H15NO2. The van der Waals surface area contributed by atoms with Crippen LogP contribution in [0.1, 0.15) is 11.1 Å². The van der Waals surface area contributed by atoms with Gasteiger partial charge in [-0.25, -0.2) is 0 Å². The van der Waals surface area contributed by atoms with Gasteiger partial charge in [0.1, 0.15) is 5.75 Å². The van der Waals surface area contributed by atoms with Crippen molar-refractivity contribution < 1.29 is 9.84 Å². The lowest BCUT2D eigenvalue weighted by atomic mass is 9.86. The fraction of sp³-hybridized carbons (Fsp3) is 0.455. The van der Waals surface area contributed by atoms with Gasteiger partial charge in [-0.05, 0) is 29.7 Å². The Balaban J connectivity index is 2.30. The zero-order valence-corrected chi connectivity index (χ0v) is 8.23. The Bertz CT molecular complexity index is 338. The van der Waals surface area contributed by atoms with E-state index >= 15 is 0 Å². The minimum atomic E-state index is 0.0364. The number of nitrogens with two attached hydrogens (primary N) is 1. The molecule has 1 aromatic carbocycles. The molecular weight excluding hydrogens is 178 g/mol. The molecule has 0 aromatic heterocycles. The molecule has 0 amide bonds. The van der Waals surface area contributed by atoms with E-state index in [2.05, 4.69) is 0 Å². The lowest BCUT2D eigenvalue weighted by molar-refractivity contribution is 0.0754. The van der Waals surface area contributed by atoms with Gasteiger partial charge in [0.05, 0.1) is 6.10 Å². The van der Waals surface area contributed by atoms with Gasteiger partial charge in [0.15, 0.2) is 0 Å². The summed E-state index contributed by atoms with van der Waals surface area (Å²) in [6.45, 7) is 0. The molecule has 0 unspecified atom stereocenters. The summed E-state index contributed by atoms with van der Waals surface area (Å²) in [6.07, 6.45) is 1.72. The van der Waals surface area contributed by atoms with Crippen molar-refractivity contribution >= 4 is 0 Å². The van der Waals surface area contributed by atoms with Gasteiger partial charge in [-0.2, -0.15) is 0 Å². The summed E-state index contributed by atoms with van der Waals surface area (Å²) in [5.41, 5.74) is 8.32. The van der Waals surface area contributed by atoms with E-state index in [1.165, 1.54) is 5.56 Å². The molecule has 0 fully saturated rings. The van der Waals surface area contributed by atoms with Crippen LogP contribution in [0, 0.1) is 0 Å². The van der Waals surface area contributed by atoms with Crippen LogP contribution in [-0.2, 0) is 17.6 Å². The van der Waals surface area contributed by atoms with Crippen molar-refractivity contribution in [2.45, 2.75) is 25.0 Å². The molecule has 2 atom stereocenters. The highest BCUT2D eigenvalue weighted by molar-refractivity contribution is 5.37. The quantitative estimate of drug-likeness (QED) is 0.694. The van der Waals surface area contributed by atoms with Gasteiger partial charge in [0.25, 0.3) is 0 Å². The monoisotopic (exact) mass is 193 g/mol. The molecule has 76 valence electrons. The van der Waals surface area contributed by atoms with Gasteiger partial charge in [-0.3, -0.25) is 0 Å². The fourth-order valence-electron chi connectivity index (χ4n) is 2.01. The number of phenolic OH excluding ortho intramolecular Hbond substituents is 1. The van der Waals surface area contributed by atoms with Crippen LogP contribution in [0.2, 0.25) is 0 Å². The third-order valence-corrected chi connectivity index (χ3v) is 2.85. The SMILES string of the molecule is CO[C@@H]1Cc2ccc(O)cc2C[C@H]1N. The van der Waals surface area contributed by atoms with Gasteiger partial charge in [-0.15, -0.1) is 0 Å². The summed E-state index contributed by atoms with van der Waals surface area (Å²) in [6, 6.07) is 5.49. The molecule has 0 saturated heterocycles. The van der Waals surface area contributed by atoms with Gasteiger partial charge >= 0.3 is 0 Å². The first-order valence-corrected chi connectivity index (χ1v) is 4.80. The molecule has 0 saturated carbocycles. The number of hydrogen-bond donors (Lipinski definition) is 2. The second-order valence-electron chi connectivity index (χ2n) is 3.80. The molecule has 0 heterocycles. The molecule has 0 bridgehead atoms. The molecule has 3 heteroatoms. The third-order valence-electron chi connectivity index (χ3n) is 2.85. The van der Waals surface area contributed by atoms with E-state index in [0.717, 1.165) is 18.4 Å². The number of hydrogen-bond acceptors (Lipinski definition) is 3. The molecule has 0 aliphatic heterocycles. The van der Waals surface area contributed by atoms with Crippen LogP contribution in [0.4, 0.5) is 0 Å². The largest absolute Gasteiger partial charge is 0.508 e. The normalized spacial score (nSPS) is 25.9. The van der Waals surface area contributed by atoms with Crippen molar-refractivity contribution in [3.63, 3.8) is 0 Å². The molecule has 0 spiro atoms. The van der Waals surface area contributed by atoms with Crippen LogP contribution >= 0.6 is 0 Å². The minimum Gasteiger partial charge on any atom is -0.508 e. The Labute approximate surface area is 83.5 Å². The zero-order valence-electron chi connectivity index (χ0n) is 8.23. The second-order valence-corrected chi connectivity index (χ2v) is 3.80. The average molecular weight is 193 g/mol. The summed E-state index contributed by atoms with van der Waals surface area (Å²) in [4.78, 5) is 0. The fourth-order valence-corrected chi connectivity index (χ4v) is 2.01. The lowest BCUT2D eigenvalue weighted by Crippen LogP contribution is -2.42. The van der Waals surface area contributed by atoms with E-state index in [1.54, 1.807) is 19.2 Å². The van der Waals surface area contributed by atoms with Crippen molar-refractivity contribution in [2.75, 3.05) is 7.11 Å². The highest BCUT2D eigenvalue weighted by Gasteiger charge is 2.25. The Morgan fingerprint density at radius 1 is 1.36 bits per heavy atom. The predicted molar refractivity (Wildman–Crippen MR) is 54.3 cm³/mol. The van der Waals surface area contributed by atoms with E-state index in [4.69, 9.17) is 10.5 Å². The van der Waals surface area contributed by atoms with Crippen molar-refractivity contribution in [1.82, 2.24) is 0 Å². The molecule has 3 nitrogen and oxygen atoms in total. The summed E-state index contributed by atoms with van der Waals surface area (Å²) in [7, 11) is 1.69. The maximum Gasteiger partial charge on any atom is 0.115 e. The molecule has 1 aromatic rings. The molecule has 2 rings (SSSR count). The number of rotatable bonds is 1. The topological polar surface area (TPSA) is 55.5 Å². The van der Waals surface area contributed by atoms with Crippen LogP contribution in [-0.4, -0.2) is 24.4 Å². The third kappa shape index (κ3) is 1.61. The Hall–Kier alpha value is -1.06. The highest BCUT2D eigenvalue weighted by Crippen LogP contribution is 2.25. The number of fused-ring (bicyclic) bond motifs is 1. The molecule has 1 aliphatic rings. The van der Waals surface area contributed by atoms with Crippen molar-refractivity contribution in [2.24, 2.45) is 5.73 Å². The van der Waals surface area contributed by atoms with Crippen molar-refractivity contribution in [3.05, 3.63) is 29.3 Å². The van der Waals surface area contributed by atoms with Crippen LogP contribution in [0.5, 0.6) is 5.75 Å². The average Bonchev–Trinajstić information content (AvgIpc) is 2.16. The summed E-state index contributed by atoms with van der Waals surface area (Å²) in [5.74, 6) is 0.312. The molecule has 1 aliphatic carbocycles. The van der Waals surface area contributed by atoms with Gasteiger partial charge < -0.3 is 15.6 Å². The number of aromatic hydroxyl groups is 1. The summed E-state index contributed by atoms with van der Waals surface area (Å²) < 4.78 is 5.30. The maximum atomic E-state index is 9.33. The maximum absolute atomic E-state index is 9.33. The Morgan fingerprint density at radius 3 is 2.86 bits per heavy atom. The number of ether oxygens (including phenoxy) is 1. The summed E-state index contributed by atoms with van der Waals surface area (Å²) >= 11 is 0. The van der Waals surface area contributed by atoms with E-state index in [1.807, 2.05) is 6.07 Å². The van der Waals surface area contributed by atoms with Crippen LogP contribution in [0.25, 0.3) is 0 Å². The van der Waals surface area contributed by atoms with Crippen LogP contribution in [0.15, 0.2) is 18.2 Å². The van der Waals surface area contributed by atoms with E-state index in [9.17, 15) is 5.11 Å². The van der Waals surface area contributed by atoms with E-state index in [0.29, 0.717) is 5.75 Å². The Kier molecular flexibility index (Phi) is 2.44. The second kappa shape index (κ2) is 3.59. The first kappa shape index (κ1) is 9.49. The van der Waals surface area contributed by atoms with E-state index in [-0.39, 0.29) is 12.1 Å². The number of benzene rings is 1. The van der Waals surface area contributed by atoms with Crippen molar-refractivity contribution in [3.8, 4) is 5.75 Å². The molecule has 14 heavy (non-hydrogen) atoms. The zero-order chi connectivity index (χ0) is 10.1. The molecule has 0 radical (unpaired) electrons. The standard InChI is InChI=1S/C11H15NO2/c1-14-11-6-7-2-3-9(13)4-8(7)5-10(11)12/h2-4,10-11,13H,5-6,12H2,1H3/t10-,11-/m1/s1. The van der Waals surface area contributed by atoms with E-state index < -0.39 is 0 Å². The lowest BCUT2D eigenvalue weighted by Gasteiger charge is -2.29. The number of methoxy groups -OCH3 is 1. The van der Waals surface area contributed by atoms with Crippen molar-refractivity contribution in [1.29, 1.82) is 0 Å². The summed E-state index contributed by atoms with van der Waals surface area (Å²) in [5, 5.41) is 9.33. The Morgan fingerprint density at radius 2 is 2.14 bits per heavy atom. The van der Waals surface area contributed by atoms with Crippen LogP contribution < -0.4 is 5.73 Å². The minimum absolute atomic E-state index is 0.0364. The first-order chi connectivity index (χ1) is 6.70. The first-order valence-electron chi connectivity index (χ1n) is 4.80. The van der Waals surface area contributed by atoms with Crippen LogP contribution in [0.3, 0.4) is 0 Å². The number of phenols is 1. The molecule has 3 N–H and O–H groups in total. The smallest absolute Gasteiger partial charge is 0.115 e. The predicted octanol–water partition coefficient (Wildman–Crippen LogP) is 0.833.